The summed E-state index contributed by atoms with van der Waals surface area (Å²) < 4.78 is 0. The van der Waals surface area contributed by atoms with Gasteiger partial charge in [-0.15, -0.1) is 0 Å². The quantitative estimate of drug-likeness (QED) is 0.798. The number of hydrogen-bond donors (Lipinski definition) is 2. The van der Waals surface area contributed by atoms with Gasteiger partial charge < -0.3 is 10.6 Å². The van der Waals surface area contributed by atoms with Crippen molar-refractivity contribution in [3.63, 3.8) is 0 Å². The van der Waals surface area contributed by atoms with Crippen LogP contribution in [0.3, 0.4) is 0 Å². The van der Waals surface area contributed by atoms with E-state index in [0.29, 0.717) is 0 Å². The lowest BCUT2D eigenvalue weighted by atomic mass is 9.98. The van der Waals surface area contributed by atoms with E-state index in [1.54, 1.807) is 0 Å². The van der Waals surface area contributed by atoms with Gasteiger partial charge in [0.1, 0.15) is 0 Å². The second-order valence-corrected chi connectivity index (χ2v) is 4.98. The maximum atomic E-state index is 3.39. The Labute approximate surface area is 122 Å². The van der Waals surface area contributed by atoms with Gasteiger partial charge in [0.15, 0.2) is 0 Å². The van der Waals surface area contributed by atoms with Crippen LogP contribution >= 0.6 is 0 Å². The van der Waals surface area contributed by atoms with E-state index in [1.165, 1.54) is 16.8 Å². The Morgan fingerprint density at radius 2 is 2.10 bits per heavy atom. The molecule has 2 nitrogen and oxygen atoms in total. The van der Waals surface area contributed by atoms with Gasteiger partial charge in [-0.05, 0) is 43.5 Å². The average molecular weight is 268 g/mol. The summed E-state index contributed by atoms with van der Waals surface area (Å²) in [5, 5.41) is 6.74. The van der Waals surface area contributed by atoms with E-state index in [0.717, 1.165) is 19.3 Å². The molecule has 2 N–H and O–H groups in total. The average Bonchev–Trinajstić information content (AvgIpc) is 2.79. The van der Waals surface area contributed by atoms with Crippen LogP contribution in [0.1, 0.15) is 19.3 Å². The molecule has 0 radical (unpaired) electrons. The van der Waals surface area contributed by atoms with Crippen LogP contribution in [0, 0.1) is 0 Å². The van der Waals surface area contributed by atoms with E-state index in [9.17, 15) is 0 Å². The zero-order chi connectivity index (χ0) is 14.2. The van der Waals surface area contributed by atoms with Crippen molar-refractivity contribution in [3.8, 4) is 0 Å². The fourth-order valence-corrected chi connectivity index (χ4v) is 2.52. The normalized spacial score (nSPS) is 20.2. The molecule has 1 atom stereocenters. The van der Waals surface area contributed by atoms with Gasteiger partial charge in [0.25, 0.3) is 0 Å². The number of hydrogen-bond acceptors (Lipinski definition) is 2. The fourth-order valence-electron chi connectivity index (χ4n) is 2.52. The molecule has 0 heterocycles. The van der Waals surface area contributed by atoms with Crippen LogP contribution < -0.4 is 10.6 Å². The highest BCUT2D eigenvalue weighted by atomic mass is 14.9. The minimum Gasteiger partial charge on any atom is -0.388 e. The van der Waals surface area contributed by atoms with Crippen LogP contribution in [0.15, 0.2) is 71.5 Å². The summed E-state index contributed by atoms with van der Waals surface area (Å²) in [4.78, 5) is 0. The van der Waals surface area contributed by atoms with E-state index in [2.05, 4.69) is 65.3 Å². The van der Waals surface area contributed by atoms with E-state index < -0.39 is 0 Å². The van der Waals surface area contributed by atoms with Gasteiger partial charge >= 0.3 is 0 Å². The first-order valence-electron chi connectivity index (χ1n) is 7.31. The number of likely N-dealkylation sites (N-methyl/N-ethyl adjacent to an activating group) is 2. The molecular formula is C18H24N2. The highest BCUT2D eigenvalue weighted by molar-refractivity contribution is 5.40. The predicted molar refractivity (Wildman–Crippen MR) is 87.4 cm³/mol. The van der Waals surface area contributed by atoms with Crippen LogP contribution in [0.4, 0.5) is 0 Å². The van der Waals surface area contributed by atoms with Crippen LogP contribution in [-0.4, -0.2) is 20.1 Å². The zero-order valence-electron chi connectivity index (χ0n) is 12.4. The third kappa shape index (κ3) is 3.84. The van der Waals surface area contributed by atoms with E-state index in [-0.39, 0.29) is 6.04 Å². The van der Waals surface area contributed by atoms with Gasteiger partial charge in [-0.1, -0.05) is 48.6 Å². The molecule has 2 rings (SSSR count). The van der Waals surface area contributed by atoms with Crippen LogP contribution in [0.25, 0.3) is 0 Å². The third-order valence-electron chi connectivity index (χ3n) is 3.66. The molecule has 0 saturated heterocycles. The van der Waals surface area contributed by atoms with Crippen molar-refractivity contribution in [3.05, 3.63) is 71.5 Å². The monoisotopic (exact) mass is 268 g/mol. The summed E-state index contributed by atoms with van der Waals surface area (Å²) in [5.74, 6) is 0. The molecule has 1 unspecified atom stereocenters. The molecular weight excluding hydrogens is 244 g/mol. The molecule has 106 valence electrons. The Morgan fingerprint density at radius 1 is 1.20 bits per heavy atom. The Bertz CT molecular complexity index is 502. The van der Waals surface area contributed by atoms with Gasteiger partial charge in [-0.3, -0.25) is 0 Å². The van der Waals surface area contributed by atoms with Crippen molar-refractivity contribution < 1.29 is 0 Å². The lowest BCUT2D eigenvalue weighted by Crippen LogP contribution is -2.27. The van der Waals surface area contributed by atoms with Gasteiger partial charge in [-0.2, -0.15) is 0 Å². The zero-order valence-corrected chi connectivity index (χ0v) is 12.4. The van der Waals surface area contributed by atoms with Crippen molar-refractivity contribution in [2.45, 2.75) is 25.3 Å². The highest BCUT2D eigenvalue weighted by Gasteiger charge is 2.11. The van der Waals surface area contributed by atoms with Crippen LogP contribution in [-0.2, 0) is 0 Å². The van der Waals surface area contributed by atoms with Crippen molar-refractivity contribution in [1.82, 2.24) is 10.6 Å². The summed E-state index contributed by atoms with van der Waals surface area (Å²) in [7, 11) is 4.01. The van der Waals surface area contributed by atoms with Gasteiger partial charge in [0.2, 0.25) is 0 Å². The first kappa shape index (κ1) is 14.6. The summed E-state index contributed by atoms with van der Waals surface area (Å²) in [6.07, 6.45) is 22.9. The Morgan fingerprint density at radius 3 is 2.80 bits per heavy atom. The summed E-state index contributed by atoms with van der Waals surface area (Å²) >= 11 is 0. The molecule has 20 heavy (non-hydrogen) atoms. The molecule has 2 heteroatoms. The Kier molecular flexibility index (Phi) is 5.63. The first-order chi connectivity index (χ1) is 9.85. The highest BCUT2D eigenvalue weighted by Crippen LogP contribution is 2.20. The largest absolute Gasteiger partial charge is 0.388 e. The van der Waals surface area contributed by atoms with E-state index in [4.69, 9.17) is 0 Å². The minimum atomic E-state index is 0.236. The van der Waals surface area contributed by atoms with Gasteiger partial charge in [-0.25, -0.2) is 0 Å². The molecule has 2 aliphatic carbocycles. The SMILES string of the molecule is CN/C(=C\C(NC)C1=CCC=CC=C1)C1=CC=CCC1. The topological polar surface area (TPSA) is 24.1 Å². The fraction of sp³-hybridized carbons (Fsp3) is 0.333. The molecule has 0 fully saturated rings. The molecule has 0 spiro atoms. The second-order valence-electron chi connectivity index (χ2n) is 4.98. The molecule has 0 aromatic rings. The lowest BCUT2D eigenvalue weighted by molar-refractivity contribution is 0.748. The molecule has 0 saturated carbocycles. The van der Waals surface area contributed by atoms with Crippen molar-refractivity contribution >= 4 is 0 Å². The van der Waals surface area contributed by atoms with E-state index in [1.807, 2.05) is 14.1 Å². The number of allylic oxidation sites excluding steroid dienone is 8. The lowest BCUT2D eigenvalue weighted by Gasteiger charge is -2.19. The van der Waals surface area contributed by atoms with Crippen molar-refractivity contribution in [1.29, 1.82) is 0 Å². The number of rotatable bonds is 5. The van der Waals surface area contributed by atoms with Crippen LogP contribution in [0.5, 0.6) is 0 Å². The molecule has 0 aromatic heterocycles. The number of nitrogens with one attached hydrogen (secondary N) is 2. The minimum absolute atomic E-state index is 0.236. The summed E-state index contributed by atoms with van der Waals surface area (Å²) in [5.41, 5.74) is 3.92. The Balaban J connectivity index is 2.21. The first-order valence-corrected chi connectivity index (χ1v) is 7.31. The summed E-state index contributed by atoms with van der Waals surface area (Å²) in [6.45, 7) is 0. The standard InChI is InChI=1S/C18H24N2/c1-19-17(15-10-6-3-4-7-11-15)14-18(20-2)16-12-8-5-9-13-16/h3-6,8,10-12,14,17,19-20H,7,9,13H2,1-2H3/b18-14-. The molecule has 0 aromatic carbocycles. The second kappa shape index (κ2) is 7.71. The molecule has 0 amide bonds. The Hall–Kier alpha value is -1.80. The molecule has 0 bridgehead atoms. The van der Waals surface area contributed by atoms with E-state index >= 15 is 0 Å². The van der Waals surface area contributed by atoms with Crippen molar-refractivity contribution in [2.75, 3.05) is 14.1 Å². The molecule has 2 aliphatic rings. The van der Waals surface area contributed by atoms with Gasteiger partial charge in [0, 0.05) is 12.7 Å². The third-order valence-corrected chi connectivity index (χ3v) is 3.66. The predicted octanol–water partition coefficient (Wildman–Crippen LogP) is 3.40. The van der Waals surface area contributed by atoms with Crippen LogP contribution in [0.2, 0.25) is 0 Å². The molecule has 0 aliphatic heterocycles. The van der Waals surface area contributed by atoms with Gasteiger partial charge in [0.05, 0.1) is 6.04 Å². The maximum absolute atomic E-state index is 3.39. The van der Waals surface area contributed by atoms with Crippen molar-refractivity contribution in [2.24, 2.45) is 0 Å². The smallest absolute Gasteiger partial charge is 0.0523 e. The summed E-state index contributed by atoms with van der Waals surface area (Å²) in [6, 6.07) is 0.236. The maximum Gasteiger partial charge on any atom is 0.0523 e.